The molecule has 0 bridgehead atoms. The normalized spacial score (nSPS) is 15.4. The Morgan fingerprint density at radius 2 is 2.08 bits per heavy atom. The maximum absolute atomic E-state index is 12.2. The quantitative estimate of drug-likeness (QED) is 0.825. The van der Waals surface area contributed by atoms with Gasteiger partial charge in [-0.3, -0.25) is 14.4 Å². The SMILES string of the molecule is O=C(NCCN1CCNCC1)c1cnn(Cc2ccccc2Cl)c1. The molecule has 1 saturated heterocycles. The van der Waals surface area contributed by atoms with Gasteiger partial charge in [-0.05, 0) is 11.6 Å². The van der Waals surface area contributed by atoms with Crippen LogP contribution >= 0.6 is 11.6 Å². The average Bonchev–Trinajstić information content (AvgIpc) is 3.07. The first-order valence-corrected chi connectivity index (χ1v) is 8.57. The number of nitrogens with zero attached hydrogens (tertiary/aromatic N) is 3. The maximum Gasteiger partial charge on any atom is 0.254 e. The van der Waals surface area contributed by atoms with Crippen LogP contribution in [0.25, 0.3) is 0 Å². The summed E-state index contributed by atoms with van der Waals surface area (Å²) < 4.78 is 1.73. The summed E-state index contributed by atoms with van der Waals surface area (Å²) in [5.41, 5.74) is 1.55. The van der Waals surface area contributed by atoms with Crippen LogP contribution in [0.2, 0.25) is 5.02 Å². The van der Waals surface area contributed by atoms with E-state index in [9.17, 15) is 4.79 Å². The van der Waals surface area contributed by atoms with Crippen molar-refractivity contribution in [2.75, 3.05) is 39.3 Å². The molecule has 1 fully saturated rings. The summed E-state index contributed by atoms with van der Waals surface area (Å²) in [7, 11) is 0. The molecule has 0 radical (unpaired) electrons. The Kier molecular flexibility index (Phi) is 5.85. The van der Waals surface area contributed by atoms with E-state index in [4.69, 9.17) is 11.6 Å². The third-order valence-electron chi connectivity index (χ3n) is 4.11. The molecule has 0 unspecified atom stereocenters. The van der Waals surface area contributed by atoms with E-state index >= 15 is 0 Å². The number of hydrogen-bond donors (Lipinski definition) is 2. The number of benzene rings is 1. The number of halogens is 1. The largest absolute Gasteiger partial charge is 0.351 e. The summed E-state index contributed by atoms with van der Waals surface area (Å²) in [6.45, 7) is 6.17. The van der Waals surface area contributed by atoms with Gasteiger partial charge in [-0.15, -0.1) is 0 Å². The van der Waals surface area contributed by atoms with Crippen LogP contribution in [0.15, 0.2) is 36.7 Å². The molecule has 3 rings (SSSR count). The van der Waals surface area contributed by atoms with Crippen molar-refractivity contribution in [1.82, 2.24) is 25.3 Å². The van der Waals surface area contributed by atoms with Crippen LogP contribution in [0.5, 0.6) is 0 Å². The summed E-state index contributed by atoms with van der Waals surface area (Å²) in [6.07, 6.45) is 3.35. The van der Waals surface area contributed by atoms with Gasteiger partial charge in [0.2, 0.25) is 0 Å². The average molecular weight is 348 g/mol. The number of nitrogens with one attached hydrogen (secondary N) is 2. The molecule has 2 heterocycles. The smallest absolute Gasteiger partial charge is 0.254 e. The number of carbonyl (C=O) groups is 1. The molecule has 1 aromatic heterocycles. The van der Waals surface area contributed by atoms with Crippen LogP contribution in [0, 0.1) is 0 Å². The monoisotopic (exact) mass is 347 g/mol. The zero-order valence-corrected chi connectivity index (χ0v) is 14.3. The highest BCUT2D eigenvalue weighted by molar-refractivity contribution is 6.31. The second-order valence-electron chi connectivity index (χ2n) is 5.87. The minimum atomic E-state index is -0.0875. The molecule has 2 N–H and O–H groups in total. The molecule has 24 heavy (non-hydrogen) atoms. The second-order valence-corrected chi connectivity index (χ2v) is 6.27. The maximum atomic E-state index is 12.2. The van der Waals surface area contributed by atoms with E-state index in [1.165, 1.54) is 0 Å². The molecule has 7 heteroatoms. The van der Waals surface area contributed by atoms with Crippen molar-refractivity contribution < 1.29 is 4.79 Å². The summed E-state index contributed by atoms with van der Waals surface area (Å²) in [5.74, 6) is -0.0875. The van der Waals surface area contributed by atoms with E-state index < -0.39 is 0 Å². The van der Waals surface area contributed by atoms with E-state index in [2.05, 4.69) is 20.6 Å². The van der Waals surface area contributed by atoms with Crippen LogP contribution in [-0.2, 0) is 6.54 Å². The van der Waals surface area contributed by atoms with E-state index in [-0.39, 0.29) is 5.91 Å². The second kappa shape index (κ2) is 8.28. The van der Waals surface area contributed by atoms with Crippen LogP contribution in [-0.4, -0.2) is 59.9 Å². The lowest BCUT2D eigenvalue weighted by atomic mass is 10.2. The molecule has 0 spiro atoms. The molecule has 128 valence electrons. The first kappa shape index (κ1) is 17.0. The predicted molar refractivity (Wildman–Crippen MR) is 94.4 cm³/mol. The lowest BCUT2D eigenvalue weighted by molar-refractivity contribution is 0.0947. The minimum Gasteiger partial charge on any atom is -0.351 e. The molecule has 0 aliphatic carbocycles. The van der Waals surface area contributed by atoms with Gasteiger partial charge in [-0.1, -0.05) is 29.8 Å². The number of rotatable bonds is 6. The number of amides is 1. The Bertz CT molecular complexity index is 681. The van der Waals surface area contributed by atoms with Gasteiger partial charge >= 0.3 is 0 Å². The molecule has 6 nitrogen and oxygen atoms in total. The van der Waals surface area contributed by atoms with Gasteiger partial charge in [0.05, 0.1) is 18.3 Å². The van der Waals surface area contributed by atoms with Crippen LogP contribution < -0.4 is 10.6 Å². The fourth-order valence-corrected chi connectivity index (χ4v) is 2.93. The first-order valence-electron chi connectivity index (χ1n) is 8.19. The standard InChI is InChI=1S/C17H22ClN5O/c18-16-4-2-1-3-14(16)12-23-13-15(11-21-23)17(24)20-7-10-22-8-5-19-6-9-22/h1-4,11,13,19H,5-10,12H2,(H,20,24). The van der Waals surface area contributed by atoms with Gasteiger partial charge < -0.3 is 10.6 Å². The predicted octanol–water partition coefficient (Wildman–Crippen LogP) is 1.22. The van der Waals surface area contributed by atoms with Crippen molar-refractivity contribution in [3.8, 4) is 0 Å². The van der Waals surface area contributed by atoms with Crippen molar-refractivity contribution in [2.24, 2.45) is 0 Å². The minimum absolute atomic E-state index is 0.0875. The van der Waals surface area contributed by atoms with Crippen LogP contribution in [0.3, 0.4) is 0 Å². The first-order chi connectivity index (χ1) is 11.7. The molecule has 1 aliphatic heterocycles. The number of hydrogen-bond acceptors (Lipinski definition) is 4. The van der Waals surface area contributed by atoms with Crippen molar-refractivity contribution in [3.05, 3.63) is 52.8 Å². The summed E-state index contributed by atoms with van der Waals surface area (Å²) in [4.78, 5) is 14.5. The van der Waals surface area contributed by atoms with Gasteiger partial charge in [0.15, 0.2) is 0 Å². The summed E-state index contributed by atoms with van der Waals surface area (Å²) >= 11 is 6.16. The molecular formula is C17H22ClN5O. The van der Waals surface area contributed by atoms with Gasteiger partial charge in [-0.25, -0.2) is 0 Å². The van der Waals surface area contributed by atoms with Gasteiger partial charge in [-0.2, -0.15) is 5.10 Å². The molecule has 1 aromatic carbocycles. The highest BCUT2D eigenvalue weighted by Crippen LogP contribution is 2.16. The van der Waals surface area contributed by atoms with Crippen molar-refractivity contribution in [3.63, 3.8) is 0 Å². The summed E-state index contributed by atoms with van der Waals surface area (Å²) in [6, 6.07) is 7.64. The van der Waals surface area contributed by atoms with E-state index in [1.807, 2.05) is 24.3 Å². The van der Waals surface area contributed by atoms with Crippen molar-refractivity contribution in [2.45, 2.75) is 6.54 Å². The number of piperazine rings is 1. The third-order valence-corrected chi connectivity index (χ3v) is 4.48. The Morgan fingerprint density at radius 1 is 1.29 bits per heavy atom. The molecular weight excluding hydrogens is 326 g/mol. The number of carbonyl (C=O) groups excluding carboxylic acids is 1. The molecule has 1 amide bonds. The Labute approximate surface area is 146 Å². The molecule has 1 aliphatic rings. The van der Waals surface area contributed by atoms with Gasteiger partial charge in [0.25, 0.3) is 5.91 Å². The fourth-order valence-electron chi connectivity index (χ4n) is 2.73. The van der Waals surface area contributed by atoms with E-state index in [1.54, 1.807) is 17.1 Å². The molecule has 0 saturated carbocycles. The highest BCUT2D eigenvalue weighted by Gasteiger charge is 2.12. The van der Waals surface area contributed by atoms with Crippen LogP contribution in [0.1, 0.15) is 15.9 Å². The third kappa shape index (κ3) is 4.56. The van der Waals surface area contributed by atoms with Gasteiger partial charge in [0, 0.05) is 50.5 Å². The van der Waals surface area contributed by atoms with E-state index in [0.29, 0.717) is 23.7 Å². The Balaban J connectivity index is 1.49. The lowest BCUT2D eigenvalue weighted by Gasteiger charge is -2.27. The van der Waals surface area contributed by atoms with E-state index in [0.717, 1.165) is 38.3 Å². The summed E-state index contributed by atoms with van der Waals surface area (Å²) in [5, 5.41) is 11.2. The zero-order chi connectivity index (χ0) is 16.8. The zero-order valence-electron chi connectivity index (χ0n) is 13.5. The van der Waals surface area contributed by atoms with Crippen molar-refractivity contribution >= 4 is 17.5 Å². The molecule has 2 aromatic rings. The van der Waals surface area contributed by atoms with Crippen LogP contribution in [0.4, 0.5) is 0 Å². The highest BCUT2D eigenvalue weighted by atomic mass is 35.5. The fraction of sp³-hybridized carbons (Fsp3) is 0.412. The van der Waals surface area contributed by atoms with Crippen molar-refractivity contribution in [1.29, 1.82) is 0 Å². The lowest BCUT2D eigenvalue weighted by Crippen LogP contribution is -2.46. The molecule has 0 atom stereocenters. The topological polar surface area (TPSA) is 62.2 Å². The Morgan fingerprint density at radius 3 is 2.88 bits per heavy atom. The Hall–Kier alpha value is -1.89. The number of aromatic nitrogens is 2. The van der Waals surface area contributed by atoms with Gasteiger partial charge in [0.1, 0.15) is 0 Å².